The highest BCUT2D eigenvalue weighted by atomic mass is 16.3. The normalized spacial score (nSPS) is 10.3. The van der Waals surface area contributed by atoms with Crippen LogP contribution in [0.15, 0.2) is 41.2 Å². The standard InChI is InChI=1S/C13H14N2O3/c1-15(7-9-5-6-18-8-9)13(17)10-3-2-4-11(14)12(10)16/h2-6,8,16H,7,14H2,1H3. The van der Waals surface area contributed by atoms with Gasteiger partial charge in [0.15, 0.2) is 5.75 Å². The molecule has 0 radical (unpaired) electrons. The molecule has 3 N–H and O–H groups in total. The number of rotatable bonds is 3. The number of nitrogens with zero attached hydrogens (tertiary/aromatic N) is 1. The van der Waals surface area contributed by atoms with Crippen LogP contribution in [0.2, 0.25) is 0 Å². The average molecular weight is 246 g/mol. The average Bonchev–Trinajstić information content (AvgIpc) is 2.84. The Kier molecular flexibility index (Phi) is 3.23. The van der Waals surface area contributed by atoms with E-state index in [2.05, 4.69) is 0 Å². The van der Waals surface area contributed by atoms with Crippen LogP contribution in [0.5, 0.6) is 5.75 Å². The first-order chi connectivity index (χ1) is 8.59. The predicted molar refractivity (Wildman–Crippen MR) is 67.0 cm³/mol. The first kappa shape index (κ1) is 12.0. The molecule has 0 saturated carbocycles. The van der Waals surface area contributed by atoms with Gasteiger partial charge in [-0.15, -0.1) is 0 Å². The van der Waals surface area contributed by atoms with Crippen LogP contribution in [-0.2, 0) is 6.54 Å². The lowest BCUT2D eigenvalue weighted by Crippen LogP contribution is -2.26. The van der Waals surface area contributed by atoms with E-state index >= 15 is 0 Å². The first-order valence-electron chi connectivity index (χ1n) is 5.43. The summed E-state index contributed by atoms with van der Waals surface area (Å²) in [5, 5.41) is 9.75. The summed E-state index contributed by atoms with van der Waals surface area (Å²) < 4.78 is 4.94. The molecule has 0 spiro atoms. The van der Waals surface area contributed by atoms with Crippen LogP contribution in [0.25, 0.3) is 0 Å². The van der Waals surface area contributed by atoms with Gasteiger partial charge in [0.2, 0.25) is 0 Å². The van der Waals surface area contributed by atoms with Crippen LogP contribution < -0.4 is 5.73 Å². The molecule has 5 nitrogen and oxygen atoms in total. The SMILES string of the molecule is CN(Cc1ccoc1)C(=O)c1cccc(N)c1O. The lowest BCUT2D eigenvalue weighted by atomic mass is 10.1. The van der Waals surface area contributed by atoms with Gasteiger partial charge in [-0.3, -0.25) is 4.79 Å². The number of amides is 1. The highest BCUT2D eigenvalue weighted by Gasteiger charge is 2.17. The fraction of sp³-hybridized carbons (Fsp3) is 0.154. The lowest BCUT2D eigenvalue weighted by Gasteiger charge is -2.17. The minimum Gasteiger partial charge on any atom is -0.505 e. The molecule has 0 aliphatic rings. The zero-order valence-corrected chi connectivity index (χ0v) is 9.96. The molecule has 0 aliphatic carbocycles. The number of carbonyl (C=O) groups is 1. The van der Waals surface area contributed by atoms with Gasteiger partial charge >= 0.3 is 0 Å². The van der Waals surface area contributed by atoms with Crippen LogP contribution in [0.3, 0.4) is 0 Å². The number of anilines is 1. The largest absolute Gasteiger partial charge is 0.505 e. The molecule has 0 bridgehead atoms. The zero-order chi connectivity index (χ0) is 13.1. The van der Waals surface area contributed by atoms with Crippen LogP contribution in [0, 0.1) is 0 Å². The number of aromatic hydroxyl groups is 1. The Hall–Kier alpha value is -2.43. The van der Waals surface area contributed by atoms with Gasteiger partial charge < -0.3 is 20.2 Å². The molecule has 1 heterocycles. The van der Waals surface area contributed by atoms with Gasteiger partial charge in [-0.1, -0.05) is 6.07 Å². The van der Waals surface area contributed by atoms with Gasteiger partial charge in [0.1, 0.15) is 0 Å². The summed E-state index contributed by atoms with van der Waals surface area (Å²) in [4.78, 5) is 13.6. The molecule has 2 rings (SSSR count). The van der Waals surface area contributed by atoms with Crippen molar-refractivity contribution < 1.29 is 14.3 Å². The van der Waals surface area contributed by atoms with Gasteiger partial charge in [0, 0.05) is 19.2 Å². The number of nitrogens with two attached hydrogens (primary N) is 1. The van der Waals surface area contributed by atoms with Crippen molar-refractivity contribution in [1.29, 1.82) is 0 Å². The molecule has 2 aromatic rings. The van der Waals surface area contributed by atoms with Crippen molar-refractivity contribution in [1.82, 2.24) is 4.90 Å². The van der Waals surface area contributed by atoms with Crippen LogP contribution >= 0.6 is 0 Å². The smallest absolute Gasteiger partial charge is 0.257 e. The predicted octanol–water partition coefficient (Wildman–Crippen LogP) is 1.84. The summed E-state index contributed by atoms with van der Waals surface area (Å²) in [5.74, 6) is -0.470. The second-order valence-corrected chi connectivity index (χ2v) is 4.04. The van der Waals surface area contributed by atoms with Crippen molar-refractivity contribution in [3.8, 4) is 5.75 Å². The molecule has 0 aliphatic heterocycles. The number of phenols is 1. The van der Waals surface area contributed by atoms with E-state index in [4.69, 9.17) is 10.2 Å². The number of nitrogen functional groups attached to an aromatic ring is 1. The van der Waals surface area contributed by atoms with Gasteiger partial charge in [-0.05, 0) is 18.2 Å². The van der Waals surface area contributed by atoms with E-state index in [0.29, 0.717) is 6.54 Å². The van der Waals surface area contributed by atoms with Crippen LogP contribution in [0.4, 0.5) is 5.69 Å². The minimum atomic E-state index is -0.291. The highest BCUT2D eigenvalue weighted by molar-refractivity contribution is 5.98. The van der Waals surface area contributed by atoms with E-state index < -0.39 is 0 Å². The molecule has 1 amide bonds. The molecular weight excluding hydrogens is 232 g/mol. The Morgan fingerprint density at radius 1 is 1.44 bits per heavy atom. The number of hydrogen-bond acceptors (Lipinski definition) is 4. The molecule has 5 heteroatoms. The molecular formula is C13H14N2O3. The van der Waals surface area contributed by atoms with Crippen molar-refractivity contribution in [3.05, 3.63) is 47.9 Å². The minimum absolute atomic E-state index is 0.179. The van der Waals surface area contributed by atoms with Crippen molar-refractivity contribution in [3.63, 3.8) is 0 Å². The Bertz CT molecular complexity index is 549. The molecule has 0 fully saturated rings. The van der Waals surface area contributed by atoms with E-state index in [1.165, 1.54) is 4.90 Å². The molecule has 1 aromatic carbocycles. The van der Waals surface area contributed by atoms with Gasteiger partial charge in [-0.2, -0.15) is 0 Å². The van der Waals surface area contributed by atoms with E-state index in [0.717, 1.165) is 5.56 Å². The maximum absolute atomic E-state index is 12.1. The molecule has 18 heavy (non-hydrogen) atoms. The number of benzene rings is 1. The Labute approximate surface area is 104 Å². The Balaban J connectivity index is 2.18. The zero-order valence-electron chi connectivity index (χ0n) is 9.96. The Morgan fingerprint density at radius 2 is 2.22 bits per heavy atom. The monoisotopic (exact) mass is 246 g/mol. The summed E-state index contributed by atoms with van der Waals surface area (Å²) >= 11 is 0. The summed E-state index contributed by atoms with van der Waals surface area (Å²) in [6.45, 7) is 0.406. The van der Waals surface area contributed by atoms with Gasteiger partial charge in [-0.25, -0.2) is 0 Å². The quantitative estimate of drug-likeness (QED) is 0.639. The number of hydrogen-bond donors (Lipinski definition) is 2. The second kappa shape index (κ2) is 4.83. The highest BCUT2D eigenvalue weighted by Crippen LogP contribution is 2.25. The Morgan fingerprint density at radius 3 is 2.89 bits per heavy atom. The fourth-order valence-corrected chi connectivity index (χ4v) is 1.67. The topological polar surface area (TPSA) is 79.7 Å². The summed E-state index contributed by atoms with van der Waals surface area (Å²) in [6, 6.07) is 6.50. The lowest BCUT2D eigenvalue weighted by molar-refractivity contribution is 0.0782. The summed E-state index contributed by atoms with van der Waals surface area (Å²) in [6.07, 6.45) is 3.12. The third kappa shape index (κ3) is 2.29. The number of para-hydroxylation sites is 1. The van der Waals surface area contributed by atoms with Crippen molar-refractivity contribution in [2.75, 3.05) is 12.8 Å². The van der Waals surface area contributed by atoms with Gasteiger partial charge in [0.05, 0.1) is 23.8 Å². The maximum Gasteiger partial charge on any atom is 0.257 e. The summed E-state index contributed by atoms with van der Waals surface area (Å²) in [7, 11) is 1.65. The maximum atomic E-state index is 12.1. The van der Waals surface area contributed by atoms with Crippen molar-refractivity contribution >= 4 is 11.6 Å². The van der Waals surface area contributed by atoms with E-state index in [-0.39, 0.29) is 22.9 Å². The van der Waals surface area contributed by atoms with E-state index in [9.17, 15) is 9.90 Å². The molecule has 0 saturated heterocycles. The molecule has 94 valence electrons. The number of furan rings is 1. The third-order valence-electron chi connectivity index (χ3n) is 2.64. The number of phenolic OH excluding ortho intramolecular Hbond substituents is 1. The third-order valence-corrected chi connectivity index (χ3v) is 2.64. The number of carbonyl (C=O) groups excluding carboxylic acids is 1. The van der Waals surface area contributed by atoms with E-state index in [1.807, 2.05) is 0 Å². The molecule has 0 unspecified atom stereocenters. The molecule has 1 aromatic heterocycles. The first-order valence-corrected chi connectivity index (χ1v) is 5.43. The van der Waals surface area contributed by atoms with Crippen molar-refractivity contribution in [2.24, 2.45) is 0 Å². The molecule has 0 atom stereocenters. The van der Waals surface area contributed by atoms with E-state index in [1.54, 1.807) is 43.8 Å². The second-order valence-electron chi connectivity index (χ2n) is 4.04. The van der Waals surface area contributed by atoms with Crippen LogP contribution in [0.1, 0.15) is 15.9 Å². The fourth-order valence-electron chi connectivity index (χ4n) is 1.67. The van der Waals surface area contributed by atoms with Crippen molar-refractivity contribution in [2.45, 2.75) is 6.54 Å². The summed E-state index contributed by atoms with van der Waals surface area (Å²) in [5.41, 5.74) is 6.83. The van der Waals surface area contributed by atoms with Crippen LogP contribution in [-0.4, -0.2) is 23.0 Å². The van der Waals surface area contributed by atoms with Gasteiger partial charge in [0.25, 0.3) is 5.91 Å².